The van der Waals surface area contributed by atoms with Crippen molar-refractivity contribution >= 4 is 17.3 Å². The van der Waals surface area contributed by atoms with Crippen LogP contribution in [0, 0.1) is 17.3 Å². The fraction of sp³-hybridized carbons (Fsp3) is 0.455. The molecule has 1 aromatic carbocycles. The normalized spacial score (nSPS) is 26.3. The summed E-state index contributed by atoms with van der Waals surface area (Å²) in [5.41, 5.74) is 0.480. The minimum absolute atomic E-state index is 0.0316. The second-order valence-electron chi connectivity index (χ2n) is 11.8. The molecule has 0 heterocycles. The topological polar surface area (TPSA) is 94.8 Å². The number of carbonyl (C=O) groups excluding carboxylic acids is 2. The minimum atomic E-state index is -1.52. The maximum absolute atomic E-state index is 14.4. The lowest BCUT2D eigenvalue weighted by atomic mass is 9.63. The summed E-state index contributed by atoms with van der Waals surface area (Å²) in [5, 5.41) is 34.1. The molecule has 0 aliphatic heterocycles. The molecule has 0 unspecified atom stereocenters. The van der Waals surface area contributed by atoms with Crippen molar-refractivity contribution in [2.45, 2.75) is 79.2 Å². The number of hydrogen-bond donors (Lipinski definition) is 3. The van der Waals surface area contributed by atoms with Crippen LogP contribution < -0.4 is 0 Å². The molecule has 0 radical (unpaired) electrons. The van der Waals surface area contributed by atoms with E-state index in [1.54, 1.807) is 37.3 Å². The molecule has 2 aliphatic carbocycles. The van der Waals surface area contributed by atoms with Gasteiger partial charge >= 0.3 is 0 Å². The first-order valence-electron chi connectivity index (χ1n) is 13.4. The number of carbonyl (C=O) groups is 2. The van der Waals surface area contributed by atoms with Crippen LogP contribution in [0.15, 0.2) is 82.7 Å². The van der Waals surface area contributed by atoms with E-state index in [1.807, 2.05) is 46.8 Å². The molecule has 5 heteroatoms. The molecule has 3 N–H and O–H groups in total. The molecule has 0 bridgehead atoms. The first-order valence-corrected chi connectivity index (χ1v) is 13.4. The third kappa shape index (κ3) is 5.63. The Balaban J connectivity index is 2.32. The van der Waals surface area contributed by atoms with Crippen molar-refractivity contribution in [3.05, 3.63) is 88.3 Å². The summed E-state index contributed by atoms with van der Waals surface area (Å²) in [6, 6.07) is 8.58. The minimum Gasteiger partial charge on any atom is -0.507 e. The van der Waals surface area contributed by atoms with Crippen molar-refractivity contribution < 1.29 is 24.9 Å². The molecular weight excluding hydrogens is 476 g/mol. The van der Waals surface area contributed by atoms with Crippen LogP contribution in [0.4, 0.5) is 0 Å². The van der Waals surface area contributed by atoms with Crippen molar-refractivity contribution in [3.63, 3.8) is 0 Å². The molecule has 1 saturated carbocycles. The van der Waals surface area contributed by atoms with E-state index < -0.39 is 28.3 Å². The predicted molar refractivity (Wildman–Crippen MR) is 152 cm³/mol. The van der Waals surface area contributed by atoms with E-state index in [0.717, 1.165) is 23.1 Å². The largest absolute Gasteiger partial charge is 0.507 e. The van der Waals surface area contributed by atoms with E-state index in [0.29, 0.717) is 12.0 Å². The molecule has 0 amide bonds. The molecule has 0 spiro atoms. The molecule has 1 fully saturated rings. The fourth-order valence-corrected chi connectivity index (χ4v) is 5.80. The second kappa shape index (κ2) is 11.3. The van der Waals surface area contributed by atoms with Gasteiger partial charge in [-0.1, -0.05) is 65.8 Å². The van der Waals surface area contributed by atoms with E-state index in [9.17, 15) is 24.9 Å². The summed E-state index contributed by atoms with van der Waals surface area (Å²) in [5.74, 6) is -2.27. The first kappa shape index (κ1) is 29.4. The maximum atomic E-state index is 14.4. The monoisotopic (exact) mass is 518 g/mol. The van der Waals surface area contributed by atoms with Crippen LogP contribution in [-0.2, 0) is 9.59 Å². The number of Topliss-reactive ketones (excluding diaryl/α,β-unsaturated/α-hetero) is 2. The Morgan fingerprint density at radius 1 is 1.00 bits per heavy atom. The zero-order valence-electron chi connectivity index (χ0n) is 23.6. The van der Waals surface area contributed by atoms with Crippen LogP contribution in [0.25, 0.3) is 5.76 Å². The molecule has 38 heavy (non-hydrogen) atoms. The molecule has 204 valence electrons. The average molecular weight is 519 g/mol. The van der Waals surface area contributed by atoms with Crippen LogP contribution in [0.2, 0.25) is 0 Å². The van der Waals surface area contributed by atoms with Crippen LogP contribution in [0.3, 0.4) is 0 Å². The van der Waals surface area contributed by atoms with Crippen LogP contribution in [0.5, 0.6) is 0 Å². The molecule has 1 aromatic rings. The Bertz CT molecular complexity index is 1210. The van der Waals surface area contributed by atoms with Crippen LogP contribution in [0.1, 0.15) is 79.2 Å². The van der Waals surface area contributed by atoms with Gasteiger partial charge in [-0.25, -0.2) is 0 Å². The van der Waals surface area contributed by atoms with Gasteiger partial charge in [-0.2, -0.15) is 0 Å². The number of benzene rings is 1. The standard InChI is InChI=1S/C33H42O5/c1-20(2)13-17-33(18-14-21(3)4)30(36)25(19-26-24(22(5)6)15-16-32(26,7)38)29(35)27(31(33)37)28(34)23-11-9-8-10-12-23/h8-14,24,26,34-35,38H,5,15-19H2,1-4,6-7H3/t24-,26-,32+/m0/s1. The predicted octanol–water partition coefficient (Wildman–Crippen LogP) is 7.36. The van der Waals surface area contributed by atoms with Gasteiger partial charge < -0.3 is 15.3 Å². The molecule has 3 rings (SSSR count). The highest BCUT2D eigenvalue weighted by Crippen LogP contribution is 2.51. The Labute approximate surface area is 227 Å². The van der Waals surface area contributed by atoms with Crippen molar-refractivity contribution in [3.8, 4) is 0 Å². The molecule has 5 nitrogen and oxygen atoms in total. The average Bonchev–Trinajstić information content (AvgIpc) is 3.15. The third-order valence-electron chi connectivity index (χ3n) is 8.20. The summed E-state index contributed by atoms with van der Waals surface area (Å²) in [7, 11) is 0. The Morgan fingerprint density at radius 2 is 1.55 bits per heavy atom. The number of rotatable bonds is 8. The summed E-state index contributed by atoms with van der Waals surface area (Å²) in [6.45, 7) is 15.4. The summed E-state index contributed by atoms with van der Waals surface area (Å²) < 4.78 is 0. The van der Waals surface area contributed by atoms with E-state index >= 15 is 0 Å². The lowest BCUT2D eigenvalue weighted by Crippen LogP contribution is -2.46. The van der Waals surface area contributed by atoms with Gasteiger partial charge in [0.25, 0.3) is 0 Å². The van der Waals surface area contributed by atoms with E-state index in [2.05, 4.69) is 6.58 Å². The van der Waals surface area contributed by atoms with Crippen molar-refractivity contribution in [1.29, 1.82) is 0 Å². The number of aliphatic hydroxyl groups is 3. The summed E-state index contributed by atoms with van der Waals surface area (Å²) in [6.07, 6.45) is 5.39. The van der Waals surface area contributed by atoms with Crippen LogP contribution >= 0.6 is 0 Å². The summed E-state index contributed by atoms with van der Waals surface area (Å²) in [4.78, 5) is 28.6. The lowest BCUT2D eigenvalue weighted by Gasteiger charge is -2.38. The van der Waals surface area contributed by atoms with Gasteiger partial charge in [0, 0.05) is 11.1 Å². The SMILES string of the molecule is C=C(C)[C@@H]1CC[C@@](C)(O)[C@H]1CC1=C(O)C(=C(O)c2ccccc2)C(=O)C(CC=C(C)C)(CC=C(C)C)C1=O. The molecule has 3 atom stereocenters. The van der Waals surface area contributed by atoms with E-state index in [-0.39, 0.29) is 48.0 Å². The van der Waals surface area contributed by atoms with Crippen molar-refractivity contribution in [1.82, 2.24) is 0 Å². The zero-order valence-corrected chi connectivity index (χ0v) is 23.6. The Hall–Kier alpha value is -3.18. The number of hydrogen-bond acceptors (Lipinski definition) is 5. The van der Waals surface area contributed by atoms with Crippen molar-refractivity contribution in [2.24, 2.45) is 17.3 Å². The van der Waals surface area contributed by atoms with Gasteiger partial charge in [0.15, 0.2) is 11.6 Å². The highest BCUT2D eigenvalue weighted by Gasteiger charge is 2.54. The van der Waals surface area contributed by atoms with Gasteiger partial charge in [-0.3, -0.25) is 9.59 Å². The van der Waals surface area contributed by atoms with Gasteiger partial charge in [-0.15, -0.1) is 0 Å². The quantitative estimate of drug-likeness (QED) is 0.145. The Morgan fingerprint density at radius 3 is 2.05 bits per heavy atom. The highest BCUT2D eigenvalue weighted by molar-refractivity contribution is 6.26. The van der Waals surface area contributed by atoms with E-state index in [4.69, 9.17) is 0 Å². The maximum Gasteiger partial charge on any atom is 0.184 e. The first-order chi connectivity index (χ1) is 17.7. The number of ketones is 2. The molecule has 0 aromatic heterocycles. The highest BCUT2D eigenvalue weighted by atomic mass is 16.3. The van der Waals surface area contributed by atoms with E-state index in [1.165, 1.54) is 0 Å². The Kier molecular flexibility index (Phi) is 8.72. The lowest BCUT2D eigenvalue weighted by molar-refractivity contribution is -0.137. The third-order valence-corrected chi connectivity index (χ3v) is 8.20. The second-order valence-corrected chi connectivity index (χ2v) is 11.8. The number of aliphatic hydroxyl groups excluding tert-OH is 2. The molecule has 2 aliphatic rings. The number of allylic oxidation sites excluding steroid dienone is 7. The van der Waals surface area contributed by atoms with Gasteiger partial charge in [0.1, 0.15) is 22.5 Å². The van der Waals surface area contributed by atoms with Gasteiger partial charge in [-0.05, 0) is 85.5 Å². The zero-order chi connectivity index (χ0) is 28.4. The van der Waals surface area contributed by atoms with Gasteiger partial charge in [0.05, 0.1) is 5.60 Å². The summed E-state index contributed by atoms with van der Waals surface area (Å²) >= 11 is 0. The van der Waals surface area contributed by atoms with Gasteiger partial charge in [0.2, 0.25) is 0 Å². The van der Waals surface area contributed by atoms with Crippen molar-refractivity contribution in [2.75, 3.05) is 0 Å². The fourth-order valence-electron chi connectivity index (χ4n) is 5.80. The smallest absolute Gasteiger partial charge is 0.184 e. The molecular formula is C33H42O5. The molecule has 0 saturated heterocycles. The van der Waals surface area contributed by atoms with Crippen LogP contribution in [-0.4, -0.2) is 32.5 Å².